The SMILES string of the molecule is O=S(=O)(C[C@H]1CCCNC1)c1cccc(F)c1. The number of nitrogens with one attached hydrogen (secondary N) is 1. The van der Waals surface area contributed by atoms with Crippen LogP contribution in [0.3, 0.4) is 0 Å². The summed E-state index contributed by atoms with van der Waals surface area (Å²) < 4.78 is 37.1. The summed E-state index contributed by atoms with van der Waals surface area (Å²) in [6.07, 6.45) is 1.92. The minimum Gasteiger partial charge on any atom is -0.316 e. The monoisotopic (exact) mass is 257 g/mol. The van der Waals surface area contributed by atoms with Crippen LogP contribution in [-0.2, 0) is 9.84 Å². The number of hydrogen-bond donors (Lipinski definition) is 1. The van der Waals surface area contributed by atoms with Crippen molar-refractivity contribution in [2.75, 3.05) is 18.8 Å². The molecule has 0 unspecified atom stereocenters. The van der Waals surface area contributed by atoms with Crippen molar-refractivity contribution in [2.24, 2.45) is 5.92 Å². The Bertz CT molecular complexity index is 481. The third kappa shape index (κ3) is 3.26. The maximum Gasteiger partial charge on any atom is 0.178 e. The van der Waals surface area contributed by atoms with E-state index >= 15 is 0 Å². The molecule has 1 heterocycles. The first kappa shape index (κ1) is 12.5. The Morgan fingerprint density at radius 1 is 1.41 bits per heavy atom. The van der Waals surface area contributed by atoms with Crippen LogP contribution < -0.4 is 5.32 Å². The van der Waals surface area contributed by atoms with E-state index < -0.39 is 15.7 Å². The van der Waals surface area contributed by atoms with Gasteiger partial charge in [-0.3, -0.25) is 0 Å². The zero-order chi connectivity index (χ0) is 12.3. The lowest BCUT2D eigenvalue weighted by Gasteiger charge is -2.22. The number of sulfone groups is 1. The van der Waals surface area contributed by atoms with Crippen LogP contribution in [0.1, 0.15) is 12.8 Å². The zero-order valence-electron chi connectivity index (χ0n) is 9.52. The zero-order valence-corrected chi connectivity index (χ0v) is 10.3. The molecular formula is C12H16FNO2S. The largest absolute Gasteiger partial charge is 0.316 e. The van der Waals surface area contributed by atoms with Gasteiger partial charge in [-0.2, -0.15) is 0 Å². The van der Waals surface area contributed by atoms with E-state index in [9.17, 15) is 12.8 Å². The maximum atomic E-state index is 13.0. The standard InChI is InChI=1S/C12H16FNO2S/c13-11-4-1-5-12(7-11)17(15,16)9-10-3-2-6-14-8-10/h1,4-5,7,10,14H,2-3,6,8-9H2/t10-/m0/s1. The highest BCUT2D eigenvalue weighted by atomic mass is 32.2. The number of halogens is 1. The van der Waals surface area contributed by atoms with Gasteiger partial charge in [-0.25, -0.2) is 12.8 Å². The van der Waals surface area contributed by atoms with E-state index in [1.807, 2.05) is 0 Å². The summed E-state index contributed by atoms with van der Waals surface area (Å²) in [4.78, 5) is 0.0862. The summed E-state index contributed by atoms with van der Waals surface area (Å²) in [6.45, 7) is 1.69. The first-order valence-electron chi connectivity index (χ1n) is 5.77. The molecule has 3 nitrogen and oxygen atoms in total. The third-order valence-corrected chi connectivity index (χ3v) is 4.89. The van der Waals surface area contributed by atoms with Gasteiger partial charge in [-0.15, -0.1) is 0 Å². The average molecular weight is 257 g/mol. The van der Waals surface area contributed by atoms with E-state index in [0.29, 0.717) is 0 Å². The topological polar surface area (TPSA) is 46.2 Å². The molecule has 1 saturated heterocycles. The summed E-state index contributed by atoms with van der Waals surface area (Å²) in [5, 5.41) is 3.18. The van der Waals surface area contributed by atoms with E-state index in [2.05, 4.69) is 5.32 Å². The van der Waals surface area contributed by atoms with Crippen LogP contribution in [-0.4, -0.2) is 27.3 Å². The molecule has 0 bridgehead atoms. The molecule has 94 valence electrons. The van der Waals surface area contributed by atoms with E-state index in [1.54, 1.807) is 0 Å². The molecule has 1 aliphatic heterocycles. The van der Waals surface area contributed by atoms with Crippen LogP contribution >= 0.6 is 0 Å². The normalized spacial score (nSPS) is 21.4. The molecule has 1 fully saturated rings. The van der Waals surface area contributed by atoms with Crippen molar-refractivity contribution in [3.8, 4) is 0 Å². The predicted octanol–water partition coefficient (Wildman–Crippen LogP) is 1.60. The molecule has 0 amide bonds. The van der Waals surface area contributed by atoms with E-state index in [4.69, 9.17) is 0 Å². The van der Waals surface area contributed by atoms with Gasteiger partial charge in [0.1, 0.15) is 5.82 Å². The summed E-state index contributed by atoms with van der Waals surface area (Å²) in [5.41, 5.74) is 0. The molecule has 0 aliphatic carbocycles. The van der Waals surface area contributed by atoms with E-state index in [1.165, 1.54) is 18.2 Å². The van der Waals surface area contributed by atoms with Crippen molar-refractivity contribution in [3.05, 3.63) is 30.1 Å². The van der Waals surface area contributed by atoms with Gasteiger partial charge >= 0.3 is 0 Å². The lowest BCUT2D eigenvalue weighted by molar-refractivity contribution is 0.404. The highest BCUT2D eigenvalue weighted by Gasteiger charge is 2.23. The molecule has 0 saturated carbocycles. The van der Waals surface area contributed by atoms with Gasteiger partial charge in [-0.05, 0) is 50.0 Å². The van der Waals surface area contributed by atoms with Crippen molar-refractivity contribution in [1.82, 2.24) is 5.32 Å². The van der Waals surface area contributed by atoms with Gasteiger partial charge in [0.2, 0.25) is 0 Å². The van der Waals surface area contributed by atoms with Crippen LogP contribution in [0.5, 0.6) is 0 Å². The summed E-state index contributed by atoms with van der Waals surface area (Å²) in [5.74, 6) is -0.270. The van der Waals surface area contributed by atoms with Crippen LogP contribution in [0.15, 0.2) is 29.2 Å². The predicted molar refractivity (Wildman–Crippen MR) is 64.0 cm³/mol. The molecule has 0 radical (unpaired) electrons. The first-order valence-corrected chi connectivity index (χ1v) is 7.42. The van der Waals surface area contributed by atoms with Crippen molar-refractivity contribution in [2.45, 2.75) is 17.7 Å². The summed E-state index contributed by atoms with van der Waals surface area (Å²) in [6, 6.07) is 5.22. The fourth-order valence-corrected chi connectivity index (χ4v) is 3.81. The van der Waals surface area contributed by atoms with Gasteiger partial charge in [-0.1, -0.05) is 6.07 Å². The van der Waals surface area contributed by atoms with Gasteiger partial charge in [0.25, 0.3) is 0 Å². The molecule has 0 spiro atoms. The summed E-state index contributed by atoms with van der Waals surface area (Å²) in [7, 11) is -3.36. The fraction of sp³-hybridized carbons (Fsp3) is 0.500. The van der Waals surface area contributed by atoms with E-state index in [0.717, 1.165) is 32.0 Å². The van der Waals surface area contributed by atoms with Crippen LogP contribution in [0.4, 0.5) is 4.39 Å². The molecule has 0 aromatic heterocycles. The maximum absolute atomic E-state index is 13.0. The Morgan fingerprint density at radius 2 is 2.24 bits per heavy atom. The van der Waals surface area contributed by atoms with Crippen molar-refractivity contribution >= 4 is 9.84 Å². The minimum atomic E-state index is -3.36. The van der Waals surface area contributed by atoms with Crippen LogP contribution in [0, 0.1) is 11.7 Å². The third-order valence-electron chi connectivity index (χ3n) is 3.01. The van der Waals surface area contributed by atoms with Gasteiger partial charge in [0, 0.05) is 0 Å². The lowest BCUT2D eigenvalue weighted by atomic mass is 10.0. The molecule has 2 rings (SSSR count). The highest BCUT2D eigenvalue weighted by Crippen LogP contribution is 2.19. The molecule has 5 heteroatoms. The molecule has 1 aromatic rings. The summed E-state index contributed by atoms with van der Waals surface area (Å²) >= 11 is 0. The molecule has 17 heavy (non-hydrogen) atoms. The van der Waals surface area contributed by atoms with Gasteiger partial charge in [0.15, 0.2) is 9.84 Å². The lowest BCUT2D eigenvalue weighted by Crippen LogP contribution is -2.33. The van der Waals surface area contributed by atoms with Crippen molar-refractivity contribution in [3.63, 3.8) is 0 Å². The Morgan fingerprint density at radius 3 is 2.88 bits per heavy atom. The molecule has 1 aromatic carbocycles. The Balaban J connectivity index is 2.13. The second-order valence-corrected chi connectivity index (χ2v) is 6.49. The molecular weight excluding hydrogens is 241 g/mol. The fourth-order valence-electron chi connectivity index (χ4n) is 2.13. The van der Waals surface area contributed by atoms with Crippen LogP contribution in [0.2, 0.25) is 0 Å². The van der Waals surface area contributed by atoms with Crippen molar-refractivity contribution in [1.29, 1.82) is 0 Å². The Labute approximate surface area is 101 Å². The molecule has 1 atom stereocenters. The van der Waals surface area contributed by atoms with Gasteiger partial charge < -0.3 is 5.32 Å². The molecule has 1 N–H and O–H groups in total. The average Bonchev–Trinajstić information content (AvgIpc) is 2.30. The number of benzene rings is 1. The van der Waals surface area contributed by atoms with Crippen LogP contribution in [0.25, 0.3) is 0 Å². The number of piperidine rings is 1. The first-order chi connectivity index (χ1) is 8.08. The highest BCUT2D eigenvalue weighted by molar-refractivity contribution is 7.91. The number of hydrogen-bond acceptors (Lipinski definition) is 3. The smallest absolute Gasteiger partial charge is 0.178 e. The van der Waals surface area contributed by atoms with Crippen molar-refractivity contribution < 1.29 is 12.8 Å². The number of rotatable bonds is 3. The second kappa shape index (κ2) is 5.14. The Kier molecular flexibility index (Phi) is 3.79. The molecule has 1 aliphatic rings. The van der Waals surface area contributed by atoms with Gasteiger partial charge in [0.05, 0.1) is 10.6 Å². The minimum absolute atomic E-state index is 0.0862. The Hall–Kier alpha value is -0.940. The van der Waals surface area contributed by atoms with E-state index in [-0.39, 0.29) is 16.6 Å². The quantitative estimate of drug-likeness (QED) is 0.894. The second-order valence-electron chi connectivity index (χ2n) is 4.45.